The molecule has 0 spiro atoms. The van der Waals surface area contributed by atoms with Crippen molar-refractivity contribution >= 4 is 13.3 Å². The maximum absolute atomic E-state index is 5.28. The average molecular weight is 357 g/mol. The van der Waals surface area contributed by atoms with E-state index >= 15 is 0 Å². The summed E-state index contributed by atoms with van der Waals surface area (Å²) < 4.78 is 6.15. The summed E-state index contributed by atoms with van der Waals surface area (Å²) in [5.74, 6) is 0. The molecule has 1 nitrogen and oxygen atoms in total. The quantitative estimate of drug-likeness (QED) is 0.237. The molecular weight excluding hydrogens is 317 g/mol. The van der Waals surface area contributed by atoms with Crippen LogP contribution in [0.1, 0.15) is 79.1 Å². The summed E-state index contributed by atoms with van der Waals surface area (Å²) in [6, 6.07) is 0. The van der Waals surface area contributed by atoms with Crippen LogP contribution in [-0.2, 0) is 4.74 Å². The molecule has 0 radical (unpaired) electrons. The Morgan fingerprint density at radius 1 is 0.810 bits per heavy atom. The Kier molecular flexibility index (Phi) is 13.8. The predicted molar refractivity (Wildman–Crippen MR) is 99.7 cm³/mol. The van der Waals surface area contributed by atoms with Gasteiger partial charge in [0.15, 0.2) is 0 Å². The topological polar surface area (TPSA) is 9.23 Å². The molecule has 1 atom stereocenters. The zero-order chi connectivity index (χ0) is 16.0. The summed E-state index contributed by atoms with van der Waals surface area (Å²) in [4.78, 5) is 0. The molecule has 2 heteroatoms. The van der Waals surface area contributed by atoms with Gasteiger partial charge in [-0.2, -0.15) is 0 Å². The first-order chi connectivity index (χ1) is 10.2. The van der Waals surface area contributed by atoms with Gasteiger partial charge >= 0.3 is 137 Å². The molecule has 1 unspecified atom stereocenters. The molecule has 0 aliphatic rings. The number of hydrogen-bond acceptors (Lipinski definition) is 1. The Bertz CT molecular complexity index is 228. The van der Waals surface area contributed by atoms with Crippen molar-refractivity contribution < 1.29 is 4.74 Å². The van der Waals surface area contributed by atoms with E-state index in [1.165, 1.54) is 51.4 Å². The molecule has 0 amide bonds. The van der Waals surface area contributed by atoms with Crippen molar-refractivity contribution in [3.05, 3.63) is 12.3 Å². The van der Waals surface area contributed by atoms with Gasteiger partial charge in [0.1, 0.15) is 0 Å². The predicted octanol–water partition coefficient (Wildman–Crippen LogP) is 7.17. The van der Waals surface area contributed by atoms with Crippen LogP contribution in [0, 0.1) is 0 Å². The number of methoxy groups -OCH3 is 1. The van der Waals surface area contributed by atoms with Crippen LogP contribution < -0.4 is 0 Å². The number of rotatable bonds is 14. The van der Waals surface area contributed by atoms with Crippen LogP contribution in [0.5, 0.6) is 0 Å². The molecule has 0 aliphatic heterocycles. The SMILES string of the molecule is CCC[CH2][Ge]([CH2]CCC)([CH2]CCC)[CH](/C=C/OC)CCC. The van der Waals surface area contributed by atoms with Crippen molar-refractivity contribution in [3.63, 3.8) is 0 Å². The van der Waals surface area contributed by atoms with E-state index in [0.717, 1.165) is 4.75 Å². The van der Waals surface area contributed by atoms with E-state index in [-0.39, 0.29) is 0 Å². The zero-order valence-corrected chi connectivity index (χ0v) is 17.5. The number of unbranched alkanes of at least 4 members (excludes halogenated alkanes) is 3. The summed E-state index contributed by atoms with van der Waals surface area (Å²) in [6.45, 7) is 9.41. The van der Waals surface area contributed by atoms with Gasteiger partial charge in [-0.25, -0.2) is 0 Å². The summed E-state index contributed by atoms with van der Waals surface area (Å²) >= 11 is -1.81. The van der Waals surface area contributed by atoms with E-state index < -0.39 is 13.3 Å². The summed E-state index contributed by atoms with van der Waals surface area (Å²) in [5, 5.41) is 4.74. The minimum atomic E-state index is -1.81. The van der Waals surface area contributed by atoms with E-state index in [4.69, 9.17) is 4.74 Å². The molecule has 0 aromatic rings. The molecule has 0 bridgehead atoms. The Balaban J connectivity index is 5.22. The third kappa shape index (κ3) is 8.33. The molecule has 0 heterocycles. The molecule has 0 N–H and O–H groups in total. The summed E-state index contributed by atoms with van der Waals surface area (Å²) in [6.07, 6.45) is 15.6. The van der Waals surface area contributed by atoms with Gasteiger partial charge in [0, 0.05) is 0 Å². The second-order valence-electron chi connectivity index (χ2n) is 6.63. The van der Waals surface area contributed by atoms with E-state index in [1.54, 1.807) is 22.9 Å². The second-order valence-corrected chi connectivity index (χ2v) is 17.1. The third-order valence-electron chi connectivity index (χ3n) is 4.92. The molecular formula is C19H40GeO. The fourth-order valence-corrected chi connectivity index (χ4v) is 17.1. The van der Waals surface area contributed by atoms with Gasteiger partial charge in [0.05, 0.1) is 0 Å². The van der Waals surface area contributed by atoms with E-state index in [1.807, 2.05) is 6.26 Å². The van der Waals surface area contributed by atoms with E-state index in [0.29, 0.717) is 0 Å². The third-order valence-corrected chi connectivity index (χ3v) is 17.7. The van der Waals surface area contributed by atoms with Crippen LogP contribution in [0.4, 0.5) is 0 Å². The molecule has 0 rings (SSSR count). The molecule has 126 valence electrons. The zero-order valence-electron chi connectivity index (χ0n) is 15.4. The number of ether oxygens (including phenoxy) is 1. The molecule has 0 fully saturated rings. The normalized spacial score (nSPS) is 13.8. The standard InChI is InChI=1S/C19H40GeO/c1-6-10-15-20(16-11-7-2,17-12-8-3)19(13-9-4)14-18-21-5/h14,18-19H,6-13,15-17H2,1-5H3/b18-14+. The molecule has 0 saturated heterocycles. The van der Waals surface area contributed by atoms with Crippen LogP contribution in [0.15, 0.2) is 12.3 Å². The number of hydrogen-bond donors (Lipinski definition) is 0. The first-order valence-corrected chi connectivity index (χ1v) is 15.1. The van der Waals surface area contributed by atoms with Gasteiger partial charge in [-0.1, -0.05) is 0 Å². The van der Waals surface area contributed by atoms with Gasteiger partial charge in [-0.3, -0.25) is 0 Å². The van der Waals surface area contributed by atoms with Crippen molar-refractivity contribution in [3.8, 4) is 0 Å². The second kappa shape index (κ2) is 13.7. The molecule has 21 heavy (non-hydrogen) atoms. The van der Waals surface area contributed by atoms with E-state index in [9.17, 15) is 0 Å². The minimum absolute atomic E-state index is 0.875. The van der Waals surface area contributed by atoms with Crippen molar-refractivity contribution in [1.29, 1.82) is 0 Å². The van der Waals surface area contributed by atoms with Gasteiger partial charge in [0.2, 0.25) is 0 Å². The monoisotopic (exact) mass is 358 g/mol. The molecule has 0 aliphatic carbocycles. The average Bonchev–Trinajstić information content (AvgIpc) is 2.51. The summed E-state index contributed by atoms with van der Waals surface area (Å²) in [7, 11) is 1.79. The Morgan fingerprint density at radius 3 is 1.62 bits per heavy atom. The first kappa shape index (κ1) is 21.1. The van der Waals surface area contributed by atoms with E-state index in [2.05, 4.69) is 33.8 Å². The first-order valence-electron chi connectivity index (χ1n) is 9.40. The van der Waals surface area contributed by atoms with Gasteiger partial charge in [-0.15, -0.1) is 0 Å². The van der Waals surface area contributed by atoms with Crippen molar-refractivity contribution in [2.75, 3.05) is 7.11 Å². The van der Waals surface area contributed by atoms with Crippen molar-refractivity contribution in [2.24, 2.45) is 0 Å². The van der Waals surface area contributed by atoms with Crippen LogP contribution in [0.25, 0.3) is 0 Å². The van der Waals surface area contributed by atoms with Crippen LogP contribution in [0.2, 0.25) is 20.5 Å². The van der Waals surface area contributed by atoms with Gasteiger partial charge in [0.25, 0.3) is 0 Å². The van der Waals surface area contributed by atoms with Crippen LogP contribution in [0.3, 0.4) is 0 Å². The Morgan fingerprint density at radius 2 is 1.29 bits per heavy atom. The fourth-order valence-electron chi connectivity index (χ4n) is 3.61. The van der Waals surface area contributed by atoms with Crippen LogP contribution in [-0.4, -0.2) is 20.4 Å². The molecule has 0 saturated carbocycles. The van der Waals surface area contributed by atoms with Gasteiger partial charge in [-0.05, 0) is 0 Å². The fraction of sp³-hybridized carbons (Fsp3) is 0.895. The Labute approximate surface area is 137 Å². The van der Waals surface area contributed by atoms with Crippen LogP contribution >= 0.6 is 0 Å². The Hall–Kier alpha value is 0.0829. The van der Waals surface area contributed by atoms with Gasteiger partial charge < -0.3 is 0 Å². The number of allylic oxidation sites excluding steroid dienone is 1. The van der Waals surface area contributed by atoms with Crippen molar-refractivity contribution in [1.82, 2.24) is 0 Å². The van der Waals surface area contributed by atoms with Crippen molar-refractivity contribution in [2.45, 2.75) is 99.6 Å². The maximum atomic E-state index is 5.28. The summed E-state index contributed by atoms with van der Waals surface area (Å²) in [5.41, 5.74) is 0. The molecule has 0 aromatic carbocycles. The molecule has 0 aromatic heterocycles.